The monoisotopic (exact) mass is 272 g/mol. The summed E-state index contributed by atoms with van der Waals surface area (Å²) in [6.07, 6.45) is 4.76. The second kappa shape index (κ2) is 5.31. The Balaban J connectivity index is 1.91. The van der Waals surface area contributed by atoms with E-state index in [9.17, 15) is 4.79 Å². The van der Waals surface area contributed by atoms with Gasteiger partial charge in [-0.15, -0.1) is 0 Å². The van der Waals surface area contributed by atoms with Crippen LogP contribution in [0.1, 0.15) is 31.7 Å². The van der Waals surface area contributed by atoms with Crippen molar-refractivity contribution in [3.05, 3.63) is 47.7 Å². The van der Waals surface area contributed by atoms with Gasteiger partial charge in [0.2, 0.25) is 0 Å². The van der Waals surface area contributed by atoms with E-state index in [-0.39, 0.29) is 11.9 Å². The first-order valence-corrected chi connectivity index (χ1v) is 7.32. The lowest BCUT2D eigenvalue weighted by atomic mass is 9.89. The molecular formula is C17H20O3. The second-order valence-electron chi connectivity index (χ2n) is 5.48. The fourth-order valence-electron chi connectivity index (χ4n) is 3.21. The van der Waals surface area contributed by atoms with Gasteiger partial charge in [0.1, 0.15) is 5.41 Å². The first kappa shape index (κ1) is 13.2. The van der Waals surface area contributed by atoms with Crippen LogP contribution in [-0.2, 0) is 19.7 Å². The predicted octanol–water partition coefficient (Wildman–Crippen LogP) is 3.20. The summed E-state index contributed by atoms with van der Waals surface area (Å²) in [5.41, 5.74) is 1.84. The standard InChI is InChI=1S/C17H20O3/c1-2-20-16(18)17(14-8-4-3-5-9-14)11-15(17)13-7-6-10-19-12-13/h3-5,8-9,12,15H,2,6-7,10-11H2,1H3/t15-,17-/m0/s1. The normalized spacial score (nSPS) is 28.2. The van der Waals surface area contributed by atoms with Gasteiger partial charge in [-0.2, -0.15) is 0 Å². The smallest absolute Gasteiger partial charge is 0.317 e. The lowest BCUT2D eigenvalue weighted by Crippen LogP contribution is -2.26. The highest BCUT2D eigenvalue weighted by molar-refractivity contribution is 5.88. The summed E-state index contributed by atoms with van der Waals surface area (Å²) in [5, 5.41) is 0. The number of carbonyl (C=O) groups excluding carboxylic acids is 1. The van der Waals surface area contributed by atoms with Crippen LogP contribution in [0.15, 0.2) is 42.2 Å². The van der Waals surface area contributed by atoms with Gasteiger partial charge in [-0.1, -0.05) is 30.3 Å². The Morgan fingerprint density at radius 1 is 1.40 bits per heavy atom. The largest absolute Gasteiger partial charge is 0.501 e. The van der Waals surface area contributed by atoms with Crippen LogP contribution in [0.4, 0.5) is 0 Å². The van der Waals surface area contributed by atoms with Crippen LogP contribution in [0.2, 0.25) is 0 Å². The molecule has 3 nitrogen and oxygen atoms in total. The van der Waals surface area contributed by atoms with Gasteiger partial charge in [0.05, 0.1) is 19.5 Å². The number of carbonyl (C=O) groups is 1. The van der Waals surface area contributed by atoms with E-state index in [1.165, 1.54) is 5.57 Å². The van der Waals surface area contributed by atoms with E-state index < -0.39 is 5.41 Å². The van der Waals surface area contributed by atoms with Crippen molar-refractivity contribution in [1.82, 2.24) is 0 Å². The molecule has 1 heterocycles. The number of rotatable bonds is 4. The van der Waals surface area contributed by atoms with Gasteiger partial charge in [-0.3, -0.25) is 4.79 Å². The van der Waals surface area contributed by atoms with Gasteiger partial charge in [0, 0.05) is 5.92 Å². The lowest BCUT2D eigenvalue weighted by molar-refractivity contribution is -0.146. The maximum Gasteiger partial charge on any atom is 0.317 e. The van der Waals surface area contributed by atoms with Crippen LogP contribution in [0.25, 0.3) is 0 Å². The van der Waals surface area contributed by atoms with Crippen LogP contribution in [0, 0.1) is 5.92 Å². The number of esters is 1. The van der Waals surface area contributed by atoms with E-state index in [1.54, 1.807) is 0 Å². The fraction of sp³-hybridized carbons (Fsp3) is 0.471. The number of ether oxygens (including phenoxy) is 2. The van der Waals surface area contributed by atoms with Gasteiger partial charge >= 0.3 is 5.97 Å². The molecule has 0 aromatic heterocycles. The van der Waals surface area contributed by atoms with Crippen molar-refractivity contribution in [2.24, 2.45) is 5.92 Å². The molecule has 1 aromatic rings. The average Bonchev–Trinajstić information content (AvgIpc) is 3.26. The molecule has 0 spiro atoms. The van der Waals surface area contributed by atoms with Gasteiger partial charge in [0.15, 0.2) is 0 Å². The van der Waals surface area contributed by atoms with E-state index in [1.807, 2.05) is 43.5 Å². The maximum atomic E-state index is 12.5. The number of hydrogen-bond donors (Lipinski definition) is 0. The third-order valence-corrected chi connectivity index (χ3v) is 4.30. The summed E-state index contributed by atoms with van der Waals surface area (Å²) in [6, 6.07) is 10.00. The zero-order chi connectivity index (χ0) is 14.0. The number of benzene rings is 1. The third-order valence-electron chi connectivity index (χ3n) is 4.30. The Morgan fingerprint density at radius 3 is 2.85 bits per heavy atom. The SMILES string of the molecule is CCOC(=O)[C@]1(c2ccccc2)C[C@H]1C1=COCCC1. The molecule has 2 aliphatic rings. The molecule has 1 aromatic carbocycles. The Hall–Kier alpha value is -1.77. The van der Waals surface area contributed by atoms with Crippen molar-refractivity contribution in [2.45, 2.75) is 31.6 Å². The highest BCUT2D eigenvalue weighted by Crippen LogP contribution is 2.59. The van der Waals surface area contributed by atoms with Crippen LogP contribution in [-0.4, -0.2) is 19.2 Å². The third kappa shape index (κ3) is 2.11. The van der Waals surface area contributed by atoms with Crippen molar-refractivity contribution < 1.29 is 14.3 Å². The van der Waals surface area contributed by atoms with E-state index >= 15 is 0 Å². The van der Waals surface area contributed by atoms with Crippen LogP contribution >= 0.6 is 0 Å². The molecule has 3 heteroatoms. The first-order valence-electron chi connectivity index (χ1n) is 7.32. The van der Waals surface area contributed by atoms with E-state index in [0.717, 1.165) is 31.4 Å². The lowest BCUT2D eigenvalue weighted by Gasteiger charge is -2.19. The van der Waals surface area contributed by atoms with Crippen molar-refractivity contribution in [1.29, 1.82) is 0 Å². The summed E-state index contributed by atoms with van der Waals surface area (Å²) in [6.45, 7) is 3.07. The highest BCUT2D eigenvalue weighted by Gasteiger charge is 2.63. The molecule has 20 heavy (non-hydrogen) atoms. The Labute approximate surface area is 119 Å². The summed E-state index contributed by atoms with van der Waals surface area (Å²) in [5.74, 6) is 0.145. The summed E-state index contributed by atoms with van der Waals surface area (Å²) in [4.78, 5) is 12.5. The maximum absolute atomic E-state index is 12.5. The van der Waals surface area contributed by atoms with Gasteiger partial charge in [-0.05, 0) is 37.3 Å². The zero-order valence-electron chi connectivity index (χ0n) is 11.8. The van der Waals surface area contributed by atoms with Crippen LogP contribution in [0.5, 0.6) is 0 Å². The van der Waals surface area contributed by atoms with E-state index in [2.05, 4.69) is 0 Å². The fourth-order valence-corrected chi connectivity index (χ4v) is 3.21. The molecular weight excluding hydrogens is 252 g/mol. The molecule has 1 fully saturated rings. The minimum absolute atomic E-state index is 0.0947. The Kier molecular flexibility index (Phi) is 3.51. The molecule has 1 aliphatic heterocycles. The van der Waals surface area contributed by atoms with Gasteiger partial charge < -0.3 is 9.47 Å². The zero-order valence-corrected chi connectivity index (χ0v) is 11.8. The summed E-state index contributed by atoms with van der Waals surface area (Å²) >= 11 is 0. The minimum Gasteiger partial charge on any atom is -0.501 e. The average molecular weight is 272 g/mol. The number of allylic oxidation sites excluding steroid dienone is 1. The first-order chi connectivity index (χ1) is 9.79. The van der Waals surface area contributed by atoms with Crippen LogP contribution in [0.3, 0.4) is 0 Å². The molecule has 0 N–H and O–H groups in total. The summed E-state index contributed by atoms with van der Waals surface area (Å²) in [7, 11) is 0. The van der Waals surface area contributed by atoms with E-state index in [4.69, 9.17) is 9.47 Å². The van der Waals surface area contributed by atoms with Crippen molar-refractivity contribution in [2.75, 3.05) is 13.2 Å². The molecule has 3 rings (SSSR count). The van der Waals surface area contributed by atoms with Crippen molar-refractivity contribution in [3.8, 4) is 0 Å². The van der Waals surface area contributed by atoms with E-state index in [0.29, 0.717) is 6.61 Å². The molecule has 106 valence electrons. The van der Waals surface area contributed by atoms with Crippen LogP contribution < -0.4 is 0 Å². The molecule has 1 aliphatic carbocycles. The van der Waals surface area contributed by atoms with Crippen molar-refractivity contribution >= 4 is 5.97 Å². The predicted molar refractivity (Wildman–Crippen MR) is 76.1 cm³/mol. The molecule has 0 saturated heterocycles. The molecule has 2 atom stereocenters. The quantitative estimate of drug-likeness (QED) is 0.790. The van der Waals surface area contributed by atoms with Gasteiger partial charge in [0.25, 0.3) is 0 Å². The molecule has 0 amide bonds. The second-order valence-corrected chi connectivity index (χ2v) is 5.48. The topological polar surface area (TPSA) is 35.5 Å². The Morgan fingerprint density at radius 2 is 2.20 bits per heavy atom. The highest BCUT2D eigenvalue weighted by atomic mass is 16.5. The van der Waals surface area contributed by atoms with Gasteiger partial charge in [-0.25, -0.2) is 0 Å². The van der Waals surface area contributed by atoms with Crippen molar-refractivity contribution in [3.63, 3.8) is 0 Å². The molecule has 0 unspecified atom stereocenters. The Bertz CT molecular complexity index is 520. The molecule has 0 radical (unpaired) electrons. The summed E-state index contributed by atoms with van der Waals surface area (Å²) < 4.78 is 10.8. The number of hydrogen-bond acceptors (Lipinski definition) is 3. The molecule has 0 bridgehead atoms. The molecule has 1 saturated carbocycles. The minimum atomic E-state index is -0.482.